The number of nitrogens with one attached hydrogen (secondary N) is 1. The van der Waals surface area contributed by atoms with Crippen LogP contribution in [0.1, 0.15) is 40.4 Å². The van der Waals surface area contributed by atoms with E-state index in [9.17, 15) is 22.5 Å². The molecule has 1 aliphatic carbocycles. The zero-order valence-electron chi connectivity index (χ0n) is 13.9. The summed E-state index contributed by atoms with van der Waals surface area (Å²) >= 11 is -1.84. The van der Waals surface area contributed by atoms with Gasteiger partial charge in [-0.25, -0.2) is 0 Å². The molecule has 4 rings (SSSR count). The monoisotopic (exact) mass is 393 g/mol. The number of rotatable bonds is 4. The summed E-state index contributed by atoms with van der Waals surface area (Å²) in [7, 11) is 0. The Morgan fingerprint density at radius 2 is 1.85 bits per heavy atom. The van der Waals surface area contributed by atoms with Gasteiger partial charge in [-0.2, -0.15) is 17.9 Å². The molecule has 27 heavy (non-hydrogen) atoms. The molecule has 1 aliphatic rings. The van der Waals surface area contributed by atoms with Crippen LogP contribution in [0.2, 0.25) is 0 Å². The minimum absolute atomic E-state index is 0.00219. The Kier molecular flexibility index (Phi) is 4.39. The number of alkyl halides is 3. The molecular weight excluding hydrogens is 379 g/mol. The number of carbonyl (C=O) groups excluding carboxylic acids is 1. The Balaban J connectivity index is 1.67. The number of fused-ring (bicyclic) bond motifs is 1. The van der Waals surface area contributed by atoms with Crippen molar-refractivity contribution in [3.8, 4) is 0 Å². The van der Waals surface area contributed by atoms with Gasteiger partial charge in [0.05, 0.1) is 5.56 Å². The van der Waals surface area contributed by atoms with Crippen molar-refractivity contribution >= 4 is 28.2 Å². The van der Waals surface area contributed by atoms with E-state index in [1.807, 2.05) is 0 Å². The second kappa shape index (κ2) is 6.61. The van der Waals surface area contributed by atoms with Crippen molar-refractivity contribution in [1.29, 1.82) is 0 Å². The van der Waals surface area contributed by atoms with E-state index in [1.165, 1.54) is 0 Å². The molecule has 1 heterocycles. The molecule has 1 unspecified atom stereocenters. The highest BCUT2D eigenvalue weighted by Crippen LogP contribution is 2.45. The number of benzene rings is 2. The highest BCUT2D eigenvalue weighted by molar-refractivity contribution is 7.90. The molecule has 1 saturated carbocycles. The van der Waals surface area contributed by atoms with Crippen LogP contribution in [0.15, 0.2) is 57.8 Å². The summed E-state index contributed by atoms with van der Waals surface area (Å²) in [6.07, 6.45) is -2.88. The maximum atomic E-state index is 13.4. The van der Waals surface area contributed by atoms with Crippen LogP contribution in [0.25, 0.3) is 11.0 Å². The normalized spacial score (nSPS) is 15.7. The van der Waals surface area contributed by atoms with Crippen LogP contribution in [-0.4, -0.2) is 10.5 Å². The molecule has 1 N–H and O–H groups in total. The summed E-state index contributed by atoms with van der Waals surface area (Å²) in [5.74, 6) is -1.05. The lowest BCUT2D eigenvalue weighted by Crippen LogP contribution is -2.30. The number of furan rings is 1. The van der Waals surface area contributed by atoms with Crippen LogP contribution >= 0.6 is 0 Å². The predicted octanol–water partition coefficient (Wildman–Crippen LogP) is 4.78. The van der Waals surface area contributed by atoms with Gasteiger partial charge in [0.15, 0.2) is 10.7 Å². The molecule has 8 heteroatoms. The summed E-state index contributed by atoms with van der Waals surface area (Å²) in [5.41, 5.74) is -0.264. The fourth-order valence-corrected chi connectivity index (χ4v) is 3.69. The van der Waals surface area contributed by atoms with Gasteiger partial charge in [0.25, 0.3) is 0 Å². The first-order valence-corrected chi connectivity index (χ1v) is 9.40. The van der Waals surface area contributed by atoms with Crippen molar-refractivity contribution in [2.24, 2.45) is 0 Å². The third-order valence-electron chi connectivity index (χ3n) is 4.38. The van der Waals surface area contributed by atoms with E-state index in [0.717, 1.165) is 25.0 Å². The third-order valence-corrected chi connectivity index (χ3v) is 5.45. The molecule has 1 amide bonds. The van der Waals surface area contributed by atoms with Crippen molar-refractivity contribution in [1.82, 2.24) is 4.72 Å². The van der Waals surface area contributed by atoms with Gasteiger partial charge in [-0.05, 0) is 54.7 Å². The van der Waals surface area contributed by atoms with Crippen LogP contribution < -0.4 is 4.72 Å². The largest absolute Gasteiger partial charge is 0.588 e. The third kappa shape index (κ3) is 3.68. The Bertz CT molecular complexity index is 997. The Morgan fingerprint density at radius 1 is 1.15 bits per heavy atom. The summed E-state index contributed by atoms with van der Waals surface area (Å²) in [6.45, 7) is 0. The average Bonchev–Trinajstić information content (AvgIpc) is 3.39. The van der Waals surface area contributed by atoms with E-state index in [-0.39, 0.29) is 22.6 Å². The predicted molar refractivity (Wildman–Crippen MR) is 93.5 cm³/mol. The van der Waals surface area contributed by atoms with Gasteiger partial charge in [-0.3, -0.25) is 4.79 Å². The van der Waals surface area contributed by atoms with Crippen LogP contribution in [0.3, 0.4) is 0 Å². The summed E-state index contributed by atoms with van der Waals surface area (Å²) in [4.78, 5) is 12.7. The minimum Gasteiger partial charge on any atom is -0.588 e. The van der Waals surface area contributed by atoms with Crippen LogP contribution in [0.5, 0.6) is 0 Å². The molecular formula is C19H14F3NO3S. The lowest BCUT2D eigenvalue weighted by atomic mass is 10.0. The first-order valence-electron chi connectivity index (χ1n) is 8.25. The van der Waals surface area contributed by atoms with Crippen LogP contribution in [0.4, 0.5) is 13.2 Å². The second-order valence-corrected chi connectivity index (χ2v) is 7.59. The second-order valence-electron chi connectivity index (χ2n) is 6.38. The molecule has 4 nitrogen and oxygen atoms in total. The van der Waals surface area contributed by atoms with Crippen molar-refractivity contribution in [2.75, 3.05) is 0 Å². The molecule has 0 spiro atoms. The van der Waals surface area contributed by atoms with Gasteiger partial charge in [-0.1, -0.05) is 18.2 Å². The summed E-state index contributed by atoms with van der Waals surface area (Å²) < 4.78 is 60.1. The summed E-state index contributed by atoms with van der Waals surface area (Å²) in [5, 5.41) is -0.178. The molecule has 1 fully saturated rings. The molecule has 1 aromatic heterocycles. The van der Waals surface area contributed by atoms with Crippen molar-refractivity contribution < 1.29 is 26.9 Å². The Morgan fingerprint density at radius 3 is 2.48 bits per heavy atom. The van der Waals surface area contributed by atoms with Crippen molar-refractivity contribution in [2.45, 2.75) is 29.8 Å². The maximum Gasteiger partial charge on any atom is 0.417 e. The van der Waals surface area contributed by atoms with E-state index in [1.54, 1.807) is 36.4 Å². The molecule has 3 aromatic rings. The Labute approximate surface area is 155 Å². The van der Waals surface area contributed by atoms with Gasteiger partial charge in [0.2, 0.25) is 0 Å². The standard InChI is InChI=1S/C19H14F3NO3S/c20-19(21,22)15-8-12(11-6-7-11)9-16-14(15)10-17(26-16)18(24)23-27(25)13-4-2-1-3-5-13/h1-5,8-11H,6-7H2,(H,23,24). The van der Waals surface area contributed by atoms with Crippen LogP contribution in [-0.2, 0) is 17.5 Å². The number of hydrogen-bond acceptors (Lipinski definition) is 3. The first-order chi connectivity index (χ1) is 12.8. The lowest BCUT2D eigenvalue weighted by molar-refractivity contribution is -0.136. The fraction of sp³-hybridized carbons (Fsp3) is 0.211. The van der Waals surface area contributed by atoms with Gasteiger partial charge >= 0.3 is 12.1 Å². The minimum atomic E-state index is -4.56. The first kappa shape index (κ1) is 17.9. The van der Waals surface area contributed by atoms with E-state index >= 15 is 0 Å². The quantitative estimate of drug-likeness (QED) is 0.649. The Hall–Kier alpha value is -2.45. The number of hydrogen-bond donors (Lipinski definition) is 1. The number of carbonyl (C=O) groups is 1. The topological polar surface area (TPSA) is 65.3 Å². The zero-order valence-corrected chi connectivity index (χ0v) is 14.7. The van der Waals surface area contributed by atoms with Crippen molar-refractivity contribution in [3.05, 3.63) is 65.4 Å². The average molecular weight is 393 g/mol. The smallest absolute Gasteiger partial charge is 0.417 e. The number of halogens is 3. The summed E-state index contributed by atoms with van der Waals surface area (Å²) in [6, 6.07) is 11.9. The van der Waals surface area contributed by atoms with E-state index < -0.39 is 29.0 Å². The molecule has 1 atom stereocenters. The lowest BCUT2D eigenvalue weighted by Gasteiger charge is -2.09. The van der Waals surface area contributed by atoms with Gasteiger partial charge < -0.3 is 8.97 Å². The number of amides is 1. The molecule has 0 aliphatic heterocycles. The SMILES string of the molecule is O=C(N[S+]([O-])c1ccccc1)c1cc2c(C(F)(F)F)cc(C3CC3)cc2o1. The maximum absolute atomic E-state index is 13.4. The van der Waals surface area contributed by atoms with Crippen molar-refractivity contribution in [3.63, 3.8) is 0 Å². The molecule has 0 saturated heterocycles. The van der Waals surface area contributed by atoms with E-state index in [2.05, 4.69) is 4.72 Å². The molecule has 140 valence electrons. The molecule has 0 radical (unpaired) electrons. The van der Waals surface area contributed by atoms with E-state index in [4.69, 9.17) is 4.42 Å². The van der Waals surface area contributed by atoms with Gasteiger partial charge in [0.1, 0.15) is 16.9 Å². The highest BCUT2D eigenvalue weighted by atomic mass is 32.2. The van der Waals surface area contributed by atoms with Gasteiger partial charge in [0, 0.05) is 5.39 Å². The molecule has 0 bridgehead atoms. The molecule has 2 aromatic carbocycles. The van der Waals surface area contributed by atoms with Gasteiger partial charge in [-0.15, -0.1) is 0 Å². The fourth-order valence-electron chi connectivity index (χ4n) is 2.90. The van der Waals surface area contributed by atoms with Crippen LogP contribution in [0, 0.1) is 0 Å². The highest BCUT2D eigenvalue weighted by Gasteiger charge is 2.36. The van der Waals surface area contributed by atoms with E-state index in [0.29, 0.717) is 10.5 Å². The zero-order chi connectivity index (χ0) is 19.2.